The Bertz CT molecular complexity index is 618. The second kappa shape index (κ2) is 8.55. The fourth-order valence-corrected chi connectivity index (χ4v) is 3.12. The highest BCUT2D eigenvalue weighted by Gasteiger charge is 2.48. The molecule has 2 atom stereocenters. The first kappa shape index (κ1) is 20.3. The summed E-state index contributed by atoms with van der Waals surface area (Å²) in [6.45, 7) is -3.62. The van der Waals surface area contributed by atoms with Crippen molar-refractivity contribution in [1.29, 1.82) is 0 Å². The Morgan fingerprint density at radius 1 is 1.23 bits per heavy atom. The van der Waals surface area contributed by atoms with Gasteiger partial charge < -0.3 is 14.2 Å². The van der Waals surface area contributed by atoms with E-state index in [1.165, 1.54) is 25.3 Å². The molecule has 0 N–H and O–H groups in total. The summed E-state index contributed by atoms with van der Waals surface area (Å²) in [5.41, 5.74) is 0.0809. The molecule has 4 nitrogen and oxygen atoms in total. The first-order chi connectivity index (χ1) is 12.2. The number of halogens is 5. The third-order valence-electron chi connectivity index (χ3n) is 4.35. The highest BCUT2D eigenvalue weighted by atomic mass is 19.4. The van der Waals surface area contributed by atoms with Gasteiger partial charge in [-0.15, -0.1) is 0 Å². The number of hydrogen-bond acceptors (Lipinski definition) is 4. The molecule has 0 amide bonds. The molecule has 0 radical (unpaired) electrons. The van der Waals surface area contributed by atoms with Crippen LogP contribution in [0.2, 0.25) is 0 Å². The minimum atomic E-state index is -4.48. The van der Waals surface area contributed by atoms with Gasteiger partial charge in [0, 0.05) is 5.56 Å². The molecule has 0 bridgehead atoms. The van der Waals surface area contributed by atoms with Gasteiger partial charge in [-0.1, -0.05) is 25.0 Å². The van der Waals surface area contributed by atoms with E-state index < -0.39 is 37.2 Å². The predicted octanol–water partition coefficient (Wildman–Crippen LogP) is 4.71. The van der Waals surface area contributed by atoms with Gasteiger partial charge in [0.05, 0.1) is 18.9 Å². The summed E-state index contributed by atoms with van der Waals surface area (Å²) >= 11 is 0. The highest BCUT2D eigenvalue weighted by molar-refractivity contribution is 5.73. The van der Waals surface area contributed by atoms with Gasteiger partial charge in [-0.25, -0.2) is 0 Å². The number of esters is 1. The van der Waals surface area contributed by atoms with Gasteiger partial charge in [-0.3, -0.25) is 4.79 Å². The van der Waals surface area contributed by atoms with Crippen molar-refractivity contribution in [3.63, 3.8) is 0 Å². The molecule has 0 spiro atoms. The summed E-state index contributed by atoms with van der Waals surface area (Å²) in [6.07, 6.45) is -3.62. The lowest BCUT2D eigenvalue weighted by molar-refractivity contribution is -0.205. The first-order valence-electron chi connectivity index (χ1n) is 8.08. The maximum atomic E-state index is 13.1. The number of carbonyl (C=O) groups excluding carboxylic acids is 1. The summed E-state index contributed by atoms with van der Waals surface area (Å²) in [5, 5.41) is 0. The smallest absolute Gasteiger partial charge is 0.392 e. The number of carbonyl (C=O) groups is 1. The van der Waals surface area contributed by atoms with Gasteiger partial charge >= 0.3 is 18.8 Å². The molecule has 1 saturated carbocycles. The average Bonchev–Trinajstić information content (AvgIpc) is 2.59. The topological polar surface area (TPSA) is 44.8 Å². The Hall–Kier alpha value is -2.06. The van der Waals surface area contributed by atoms with Gasteiger partial charge in [0.1, 0.15) is 6.61 Å². The van der Waals surface area contributed by atoms with Crippen molar-refractivity contribution in [2.45, 2.75) is 45.1 Å². The van der Waals surface area contributed by atoms with Crippen molar-refractivity contribution >= 4 is 5.97 Å². The van der Waals surface area contributed by atoms with E-state index in [0.29, 0.717) is 12.8 Å². The zero-order valence-corrected chi connectivity index (χ0v) is 14.0. The Morgan fingerprint density at radius 2 is 1.92 bits per heavy atom. The third-order valence-corrected chi connectivity index (χ3v) is 4.35. The second-order valence-corrected chi connectivity index (χ2v) is 5.97. The highest BCUT2D eigenvalue weighted by Crippen LogP contribution is 2.42. The van der Waals surface area contributed by atoms with E-state index >= 15 is 0 Å². The molecule has 0 heterocycles. The summed E-state index contributed by atoms with van der Waals surface area (Å²) in [6, 6.07) is 4.22. The minimum Gasteiger partial charge on any atom is -0.493 e. The van der Waals surface area contributed by atoms with Crippen LogP contribution in [0.4, 0.5) is 22.0 Å². The Morgan fingerprint density at radius 3 is 2.54 bits per heavy atom. The molecule has 0 aliphatic heterocycles. The SMILES string of the molecule is COc1cccc(COC(=O)C2CCCCC2C(F)(F)F)c1OC(F)F. The number of para-hydroxylation sites is 1. The van der Waals surface area contributed by atoms with Crippen LogP contribution in [-0.2, 0) is 16.1 Å². The number of hydrogen-bond donors (Lipinski definition) is 0. The Balaban J connectivity index is 2.11. The maximum absolute atomic E-state index is 13.1. The monoisotopic (exact) mass is 382 g/mol. The summed E-state index contributed by atoms with van der Waals surface area (Å²) in [5.74, 6) is -4.32. The van der Waals surface area contributed by atoms with Crippen molar-refractivity contribution in [1.82, 2.24) is 0 Å². The quantitative estimate of drug-likeness (QED) is 0.528. The summed E-state index contributed by atoms with van der Waals surface area (Å²) < 4.78 is 78.7. The zero-order valence-electron chi connectivity index (χ0n) is 14.0. The van der Waals surface area contributed by atoms with Crippen molar-refractivity contribution < 1.29 is 41.0 Å². The van der Waals surface area contributed by atoms with E-state index in [-0.39, 0.29) is 29.9 Å². The fraction of sp³-hybridized carbons (Fsp3) is 0.588. The van der Waals surface area contributed by atoms with Crippen LogP contribution >= 0.6 is 0 Å². The van der Waals surface area contributed by atoms with E-state index in [0.717, 1.165) is 0 Å². The molecule has 26 heavy (non-hydrogen) atoms. The van der Waals surface area contributed by atoms with Crippen LogP contribution in [0, 0.1) is 11.8 Å². The molecule has 1 aliphatic carbocycles. The number of rotatable bonds is 6. The largest absolute Gasteiger partial charge is 0.493 e. The molecule has 1 aliphatic rings. The first-order valence-corrected chi connectivity index (χ1v) is 8.08. The second-order valence-electron chi connectivity index (χ2n) is 5.97. The molecular formula is C17H19F5O4. The van der Waals surface area contributed by atoms with Crippen LogP contribution in [0.15, 0.2) is 18.2 Å². The predicted molar refractivity (Wildman–Crippen MR) is 80.9 cm³/mol. The molecule has 9 heteroatoms. The van der Waals surface area contributed by atoms with Gasteiger partial charge in [-0.05, 0) is 18.9 Å². The van der Waals surface area contributed by atoms with Gasteiger partial charge in [-0.2, -0.15) is 22.0 Å². The van der Waals surface area contributed by atoms with Gasteiger partial charge in [0.15, 0.2) is 11.5 Å². The third kappa shape index (κ3) is 4.98. The Labute approximate surface area is 147 Å². The van der Waals surface area contributed by atoms with E-state index in [4.69, 9.17) is 9.47 Å². The van der Waals surface area contributed by atoms with E-state index in [1.807, 2.05) is 0 Å². The lowest BCUT2D eigenvalue weighted by atomic mass is 9.79. The van der Waals surface area contributed by atoms with Crippen molar-refractivity contribution in [2.75, 3.05) is 7.11 Å². The standard InChI is InChI=1S/C17H19F5O4/c1-24-13-8-4-5-10(14(13)26-16(18)19)9-25-15(23)11-6-2-3-7-12(11)17(20,21)22/h4-5,8,11-12,16H,2-3,6-7,9H2,1H3. The average molecular weight is 382 g/mol. The molecule has 2 rings (SSSR count). The fourth-order valence-electron chi connectivity index (χ4n) is 3.12. The number of benzene rings is 1. The molecular weight excluding hydrogens is 363 g/mol. The van der Waals surface area contributed by atoms with E-state index in [1.54, 1.807) is 0 Å². The molecule has 146 valence electrons. The van der Waals surface area contributed by atoms with Gasteiger partial charge in [0.25, 0.3) is 0 Å². The molecule has 1 aromatic rings. The number of ether oxygens (including phenoxy) is 3. The van der Waals surface area contributed by atoms with Gasteiger partial charge in [0.2, 0.25) is 0 Å². The minimum absolute atomic E-state index is 0.00434. The number of alkyl halides is 5. The Kier molecular flexibility index (Phi) is 6.66. The van der Waals surface area contributed by atoms with Crippen molar-refractivity contribution in [2.24, 2.45) is 11.8 Å². The van der Waals surface area contributed by atoms with Crippen LogP contribution in [0.1, 0.15) is 31.2 Å². The van der Waals surface area contributed by atoms with Crippen molar-refractivity contribution in [3.8, 4) is 11.5 Å². The lowest BCUT2D eigenvalue weighted by Crippen LogP contribution is -2.38. The van der Waals surface area contributed by atoms with E-state index in [2.05, 4.69) is 4.74 Å². The number of methoxy groups -OCH3 is 1. The molecule has 0 saturated heterocycles. The van der Waals surface area contributed by atoms with Crippen molar-refractivity contribution in [3.05, 3.63) is 23.8 Å². The van der Waals surface area contributed by atoms with Crippen LogP contribution in [0.25, 0.3) is 0 Å². The van der Waals surface area contributed by atoms with Crippen LogP contribution in [-0.4, -0.2) is 25.9 Å². The summed E-state index contributed by atoms with van der Waals surface area (Å²) in [7, 11) is 1.25. The molecule has 0 aromatic heterocycles. The van der Waals surface area contributed by atoms with Crippen LogP contribution < -0.4 is 9.47 Å². The maximum Gasteiger partial charge on any atom is 0.392 e. The lowest BCUT2D eigenvalue weighted by Gasteiger charge is -2.31. The molecule has 1 fully saturated rings. The zero-order chi connectivity index (χ0) is 19.3. The molecule has 1 aromatic carbocycles. The van der Waals surface area contributed by atoms with Crippen LogP contribution in [0.3, 0.4) is 0 Å². The summed E-state index contributed by atoms with van der Waals surface area (Å²) in [4.78, 5) is 12.2. The normalized spacial score (nSPS) is 20.7. The van der Waals surface area contributed by atoms with E-state index in [9.17, 15) is 26.7 Å². The molecule has 2 unspecified atom stereocenters. The van der Waals surface area contributed by atoms with Crippen LogP contribution in [0.5, 0.6) is 11.5 Å².